The highest BCUT2D eigenvalue weighted by Gasteiger charge is 2.12. The van der Waals surface area contributed by atoms with Crippen LogP contribution in [0.3, 0.4) is 0 Å². The minimum absolute atomic E-state index is 0.212. The number of fused-ring (bicyclic) bond motifs is 1. The molecule has 0 atom stereocenters. The topological polar surface area (TPSA) is 68.5 Å². The first-order valence-electron chi connectivity index (χ1n) is 6.54. The SMILES string of the molecule is N#Cc1ccc(OC(=O)/C=C/c2ccc3c(c2)OCO3)cc1. The molecule has 0 radical (unpaired) electrons. The van der Waals surface area contributed by atoms with E-state index in [1.807, 2.05) is 12.1 Å². The van der Waals surface area contributed by atoms with Gasteiger partial charge in [0.05, 0.1) is 11.6 Å². The molecule has 1 aliphatic rings. The average molecular weight is 293 g/mol. The summed E-state index contributed by atoms with van der Waals surface area (Å²) >= 11 is 0. The average Bonchev–Trinajstić information content (AvgIpc) is 3.01. The van der Waals surface area contributed by atoms with Crippen molar-refractivity contribution in [2.75, 3.05) is 6.79 Å². The monoisotopic (exact) mass is 293 g/mol. The van der Waals surface area contributed by atoms with E-state index < -0.39 is 5.97 Å². The zero-order valence-corrected chi connectivity index (χ0v) is 11.5. The number of carbonyl (C=O) groups excluding carboxylic acids is 1. The number of esters is 1. The predicted octanol–water partition coefficient (Wildman–Crippen LogP) is 2.91. The van der Waals surface area contributed by atoms with Crippen molar-refractivity contribution < 1.29 is 19.0 Å². The Morgan fingerprint density at radius 3 is 2.68 bits per heavy atom. The van der Waals surface area contributed by atoms with Crippen LogP contribution in [0.5, 0.6) is 17.2 Å². The molecule has 108 valence electrons. The van der Waals surface area contributed by atoms with Crippen LogP contribution < -0.4 is 14.2 Å². The molecule has 3 rings (SSSR count). The summed E-state index contributed by atoms with van der Waals surface area (Å²) in [5.74, 6) is 1.24. The molecule has 0 unspecified atom stereocenters. The van der Waals surface area contributed by atoms with E-state index in [4.69, 9.17) is 19.5 Å². The van der Waals surface area contributed by atoms with E-state index in [2.05, 4.69) is 0 Å². The molecule has 5 heteroatoms. The molecule has 22 heavy (non-hydrogen) atoms. The second kappa shape index (κ2) is 6.02. The molecule has 0 amide bonds. The number of rotatable bonds is 3. The summed E-state index contributed by atoms with van der Waals surface area (Å²) < 4.78 is 15.6. The first-order valence-corrected chi connectivity index (χ1v) is 6.54. The van der Waals surface area contributed by atoms with Crippen LogP contribution in [0.2, 0.25) is 0 Å². The van der Waals surface area contributed by atoms with Crippen molar-refractivity contribution in [3.63, 3.8) is 0 Å². The van der Waals surface area contributed by atoms with Gasteiger partial charge in [0, 0.05) is 6.08 Å². The molecule has 2 aromatic rings. The minimum Gasteiger partial charge on any atom is -0.454 e. The lowest BCUT2D eigenvalue weighted by Gasteiger charge is -2.01. The Hall–Kier alpha value is -3.26. The summed E-state index contributed by atoms with van der Waals surface area (Å²) in [6.45, 7) is 0.212. The number of benzene rings is 2. The van der Waals surface area contributed by atoms with Gasteiger partial charge in [-0.1, -0.05) is 6.07 Å². The van der Waals surface area contributed by atoms with Crippen molar-refractivity contribution in [1.82, 2.24) is 0 Å². The smallest absolute Gasteiger partial charge is 0.336 e. The van der Waals surface area contributed by atoms with Gasteiger partial charge in [-0.05, 0) is 48.0 Å². The molecule has 0 saturated carbocycles. The first-order chi connectivity index (χ1) is 10.7. The number of hydrogen-bond acceptors (Lipinski definition) is 5. The van der Waals surface area contributed by atoms with E-state index >= 15 is 0 Å². The van der Waals surface area contributed by atoms with Crippen LogP contribution in [-0.4, -0.2) is 12.8 Å². The normalized spacial score (nSPS) is 12.1. The zero-order valence-electron chi connectivity index (χ0n) is 11.5. The van der Waals surface area contributed by atoms with Crippen molar-refractivity contribution in [3.8, 4) is 23.3 Å². The molecule has 2 aromatic carbocycles. The summed E-state index contributed by atoms with van der Waals surface area (Å²) in [5, 5.41) is 8.70. The van der Waals surface area contributed by atoms with Crippen molar-refractivity contribution in [1.29, 1.82) is 5.26 Å². The Kier molecular flexibility index (Phi) is 3.75. The van der Waals surface area contributed by atoms with Crippen molar-refractivity contribution in [3.05, 3.63) is 59.7 Å². The van der Waals surface area contributed by atoms with Crippen LogP contribution in [0, 0.1) is 11.3 Å². The fourth-order valence-corrected chi connectivity index (χ4v) is 1.93. The zero-order chi connectivity index (χ0) is 15.4. The maximum atomic E-state index is 11.7. The number of carbonyl (C=O) groups is 1. The lowest BCUT2D eigenvalue weighted by molar-refractivity contribution is -0.128. The van der Waals surface area contributed by atoms with Gasteiger partial charge in [0.1, 0.15) is 5.75 Å². The van der Waals surface area contributed by atoms with Crippen LogP contribution >= 0.6 is 0 Å². The Labute approximate surface area is 127 Å². The number of hydrogen-bond donors (Lipinski definition) is 0. The first kappa shape index (κ1) is 13.7. The highest BCUT2D eigenvalue weighted by molar-refractivity contribution is 5.88. The highest BCUT2D eigenvalue weighted by atomic mass is 16.7. The minimum atomic E-state index is -0.498. The van der Waals surface area contributed by atoms with Gasteiger partial charge in [-0.3, -0.25) is 0 Å². The molecule has 0 saturated heterocycles. The van der Waals surface area contributed by atoms with Gasteiger partial charge in [0.2, 0.25) is 6.79 Å². The molecular weight excluding hydrogens is 282 g/mol. The maximum absolute atomic E-state index is 11.7. The summed E-state index contributed by atoms with van der Waals surface area (Å²) in [7, 11) is 0. The van der Waals surface area contributed by atoms with Gasteiger partial charge in [0.15, 0.2) is 11.5 Å². The van der Waals surface area contributed by atoms with Crippen LogP contribution in [0.15, 0.2) is 48.5 Å². The fraction of sp³-hybridized carbons (Fsp3) is 0.0588. The van der Waals surface area contributed by atoms with Crippen LogP contribution in [-0.2, 0) is 4.79 Å². The van der Waals surface area contributed by atoms with Crippen molar-refractivity contribution in [2.45, 2.75) is 0 Å². The third-order valence-electron chi connectivity index (χ3n) is 3.01. The quantitative estimate of drug-likeness (QED) is 0.494. The Bertz CT molecular complexity index is 772. The van der Waals surface area contributed by atoms with E-state index in [1.165, 1.54) is 6.08 Å². The van der Waals surface area contributed by atoms with Gasteiger partial charge in [-0.15, -0.1) is 0 Å². The van der Waals surface area contributed by atoms with Gasteiger partial charge in [-0.25, -0.2) is 4.79 Å². The van der Waals surface area contributed by atoms with E-state index in [9.17, 15) is 4.79 Å². The summed E-state index contributed by atoms with van der Waals surface area (Å²) in [4.78, 5) is 11.7. The van der Waals surface area contributed by atoms with Crippen LogP contribution in [0.25, 0.3) is 6.08 Å². The van der Waals surface area contributed by atoms with E-state index in [0.717, 1.165) is 5.56 Å². The standard InChI is InChI=1S/C17H11NO4/c18-10-13-1-5-14(6-2-13)22-17(19)8-4-12-3-7-15-16(9-12)21-11-20-15/h1-9H,11H2/b8-4+. The third-order valence-corrected chi connectivity index (χ3v) is 3.01. The molecule has 0 N–H and O–H groups in total. The summed E-state index contributed by atoms with van der Waals surface area (Å²) in [6, 6.07) is 13.7. The molecule has 1 heterocycles. The second-order valence-corrected chi connectivity index (χ2v) is 4.50. The van der Waals surface area contributed by atoms with Gasteiger partial charge in [0.25, 0.3) is 0 Å². The molecule has 0 bridgehead atoms. The summed E-state index contributed by atoms with van der Waals surface area (Å²) in [5.41, 5.74) is 1.32. The highest BCUT2D eigenvalue weighted by Crippen LogP contribution is 2.32. The molecule has 0 aliphatic carbocycles. The number of nitriles is 1. The van der Waals surface area contributed by atoms with E-state index in [0.29, 0.717) is 22.8 Å². The lowest BCUT2D eigenvalue weighted by Crippen LogP contribution is -2.03. The Morgan fingerprint density at radius 1 is 1.14 bits per heavy atom. The number of ether oxygens (including phenoxy) is 3. The van der Waals surface area contributed by atoms with Crippen LogP contribution in [0.4, 0.5) is 0 Å². The van der Waals surface area contributed by atoms with E-state index in [1.54, 1.807) is 42.5 Å². The molecular formula is C17H11NO4. The molecule has 5 nitrogen and oxygen atoms in total. The van der Waals surface area contributed by atoms with E-state index in [-0.39, 0.29) is 6.79 Å². The van der Waals surface area contributed by atoms with Crippen molar-refractivity contribution >= 4 is 12.0 Å². The Balaban J connectivity index is 1.64. The van der Waals surface area contributed by atoms with Crippen molar-refractivity contribution in [2.24, 2.45) is 0 Å². The second-order valence-electron chi connectivity index (χ2n) is 4.50. The molecule has 0 aromatic heterocycles. The number of nitrogens with zero attached hydrogens (tertiary/aromatic N) is 1. The maximum Gasteiger partial charge on any atom is 0.336 e. The van der Waals surface area contributed by atoms with Gasteiger partial charge >= 0.3 is 5.97 Å². The molecule has 0 spiro atoms. The largest absolute Gasteiger partial charge is 0.454 e. The van der Waals surface area contributed by atoms with Crippen LogP contribution in [0.1, 0.15) is 11.1 Å². The van der Waals surface area contributed by atoms with Gasteiger partial charge < -0.3 is 14.2 Å². The lowest BCUT2D eigenvalue weighted by atomic mass is 10.2. The molecule has 0 fully saturated rings. The fourth-order valence-electron chi connectivity index (χ4n) is 1.93. The van der Waals surface area contributed by atoms with Gasteiger partial charge in [-0.2, -0.15) is 5.26 Å². The predicted molar refractivity (Wildman–Crippen MR) is 78.4 cm³/mol. The Morgan fingerprint density at radius 2 is 1.91 bits per heavy atom. The molecule has 1 aliphatic heterocycles. The third kappa shape index (κ3) is 3.07. The summed E-state index contributed by atoms with van der Waals surface area (Å²) in [6.07, 6.45) is 2.96.